The van der Waals surface area contributed by atoms with Crippen LogP contribution in [0.25, 0.3) is 11.0 Å². The third-order valence-electron chi connectivity index (χ3n) is 5.81. The molecular weight excluding hydrogens is 461 g/mol. The summed E-state index contributed by atoms with van der Waals surface area (Å²) in [6.07, 6.45) is -4.20. The molecule has 2 aromatic heterocycles. The molecule has 0 spiro atoms. The van der Waals surface area contributed by atoms with Gasteiger partial charge >= 0.3 is 6.18 Å². The lowest BCUT2D eigenvalue weighted by molar-refractivity contribution is -0.142. The molecule has 0 aliphatic carbocycles. The number of carbonyl (C=O) groups is 1. The maximum absolute atomic E-state index is 14.5. The summed E-state index contributed by atoms with van der Waals surface area (Å²) >= 11 is 0. The number of amides is 1. The fourth-order valence-electron chi connectivity index (χ4n) is 4.63. The number of primary amides is 1. The molecular formula is C23H22F5N3O3. The molecule has 6 nitrogen and oxygen atoms in total. The Hall–Kier alpha value is -3.21. The normalized spacial score (nSPS) is 18.9. The van der Waals surface area contributed by atoms with Crippen LogP contribution in [0.4, 0.5) is 22.0 Å². The predicted molar refractivity (Wildman–Crippen MR) is 113 cm³/mol. The van der Waals surface area contributed by atoms with Crippen molar-refractivity contribution in [1.29, 1.82) is 0 Å². The van der Waals surface area contributed by atoms with Crippen LogP contribution in [0.15, 0.2) is 34.9 Å². The zero-order valence-corrected chi connectivity index (χ0v) is 18.4. The number of carbonyl (C=O) groups excluding carboxylic acids is 1. The fraction of sp³-hybridized carbons (Fsp3) is 0.391. The summed E-state index contributed by atoms with van der Waals surface area (Å²) < 4.78 is 80.5. The largest absolute Gasteiger partial charge is 0.489 e. The van der Waals surface area contributed by atoms with Crippen molar-refractivity contribution in [3.05, 3.63) is 58.6 Å². The van der Waals surface area contributed by atoms with E-state index in [0.717, 1.165) is 6.20 Å². The van der Waals surface area contributed by atoms with E-state index in [-0.39, 0.29) is 45.7 Å². The van der Waals surface area contributed by atoms with E-state index in [0.29, 0.717) is 0 Å². The highest BCUT2D eigenvalue weighted by Crippen LogP contribution is 2.45. The zero-order chi connectivity index (χ0) is 24.8. The number of pyridine rings is 1. The molecule has 1 aromatic carbocycles. The van der Waals surface area contributed by atoms with Crippen molar-refractivity contribution >= 4 is 16.9 Å². The predicted octanol–water partition coefficient (Wildman–Crippen LogP) is 4.89. The van der Waals surface area contributed by atoms with E-state index < -0.39 is 49.2 Å². The molecule has 11 heteroatoms. The third-order valence-corrected chi connectivity index (χ3v) is 5.81. The van der Waals surface area contributed by atoms with Crippen molar-refractivity contribution in [3.8, 4) is 5.75 Å². The van der Waals surface area contributed by atoms with Gasteiger partial charge in [0.25, 0.3) is 11.8 Å². The number of halogens is 5. The topological polar surface area (TPSA) is 81.6 Å². The first-order chi connectivity index (χ1) is 15.9. The Morgan fingerprint density at radius 3 is 2.71 bits per heavy atom. The maximum Gasteiger partial charge on any atom is 0.433 e. The summed E-state index contributed by atoms with van der Waals surface area (Å²) in [5, 5.41) is 0.237. The van der Waals surface area contributed by atoms with Crippen molar-refractivity contribution in [1.82, 2.24) is 9.88 Å². The lowest BCUT2D eigenvalue weighted by Crippen LogP contribution is -2.44. The second kappa shape index (κ2) is 8.53. The number of aromatic nitrogens is 1. The number of likely N-dealkylation sites (tertiary alicyclic amines) is 1. The van der Waals surface area contributed by atoms with E-state index >= 15 is 0 Å². The molecule has 3 aromatic rings. The number of hydrogen-bond acceptors (Lipinski definition) is 5. The van der Waals surface area contributed by atoms with Crippen molar-refractivity contribution < 1.29 is 35.9 Å². The lowest BCUT2D eigenvalue weighted by Gasteiger charge is -2.36. The fourth-order valence-corrected chi connectivity index (χ4v) is 4.63. The number of nitrogens with zero attached hydrogens (tertiary/aromatic N) is 2. The summed E-state index contributed by atoms with van der Waals surface area (Å²) in [6.45, 7) is 0.793. The molecule has 4 rings (SSSR count). The molecule has 1 aliphatic heterocycles. The summed E-state index contributed by atoms with van der Waals surface area (Å²) in [5.41, 5.74) is 4.78. The van der Waals surface area contributed by atoms with Crippen LogP contribution in [-0.2, 0) is 12.8 Å². The average molecular weight is 483 g/mol. The maximum atomic E-state index is 14.5. The van der Waals surface area contributed by atoms with Gasteiger partial charge < -0.3 is 14.9 Å². The molecule has 0 radical (unpaired) electrons. The Balaban J connectivity index is 1.84. The van der Waals surface area contributed by atoms with E-state index in [1.54, 1.807) is 7.05 Å². The van der Waals surface area contributed by atoms with Gasteiger partial charge in [0.2, 0.25) is 0 Å². The number of ether oxygens (including phenoxy) is 1. The Kier molecular flexibility index (Phi) is 6.01. The highest BCUT2D eigenvalue weighted by atomic mass is 19.4. The van der Waals surface area contributed by atoms with Gasteiger partial charge in [-0.15, -0.1) is 0 Å². The van der Waals surface area contributed by atoms with Crippen molar-refractivity contribution in [2.45, 2.75) is 38.0 Å². The van der Waals surface area contributed by atoms with Gasteiger partial charge in [-0.05, 0) is 32.2 Å². The smallest absolute Gasteiger partial charge is 0.433 e. The standard InChI is InChI=1S/C23H22F5N3O3/c1-12-17(21(29)32)19-16(34-12)6-5-15(18(19)14-8-22(24,25)11-31(2)9-14)33-10-13-4-3-7-30-20(13)23(26,27)28/h3-7,14H,8-11H2,1-2H3,(H2,29,32). The number of hydrogen-bond donors (Lipinski definition) is 1. The van der Waals surface area contributed by atoms with E-state index in [4.69, 9.17) is 14.9 Å². The Morgan fingerprint density at radius 2 is 2.06 bits per heavy atom. The van der Waals surface area contributed by atoms with Crippen LogP contribution >= 0.6 is 0 Å². The van der Waals surface area contributed by atoms with Crippen molar-refractivity contribution in [2.24, 2.45) is 5.73 Å². The van der Waals surface area contributed by atoms with E-state index in [1.807, 2.05) is 0 Å². The van der Waals surface area contributed by atoms with Gasteiger partial charge in [-0.1, -0.05) is 6.07 Å². The Labute approximate surface area is 191 Å². The molecule has 2 N–H and O–H groups in total. The number of benzene rings is 1. The van der Waals surface area contributed by atoms with Crippen LogP contribution in [-0.4, -0.2) is 41.9 Å². The molecule has 1 amide bonds. The lowest BCUT2D eigenvalue weighted by atomic mass is 9.85. The minimum absolute atomic E-state index is 0.0318. The van der Waals surface area contributed by atoms with E-state index in [2.05, 4.69) is 4.98 Å². The number of aryl methyl sites for hydroxylation is 1. The number of nitrogens with two attached hydrogens (primary N) is 1. The van der Waals surface area contributed by atoms with Gasteiger partial charge in [-0.2, -0.15) is 13.2 Å². The second-order valence-corrected chi connectivity index (χ2v) is 8.50. The highest BCUT2D eigenvalue weighted by Gasteiger charge is 2.42. The molecule has 1 saturated heterocycles. The first-order valence-electron chi connectivity index (χ1n) is 10.4. The van der Waals surface area contributed by atoms with E-state index in [1.165, 1.54) is 36.1 Å². The van der Waals surface area contributed by atoms with Crippen LogP contribution in [0.3, 0.4) is 0 Å². The number of rotatable bonds is 5. The molecule has 1 unspecified atom stereocenters. The number of piperidine rings is 1. The molecule has 34 heavy (non-hydrogen) atoms. The van der Waals surface area contributed by atoms with E-state index in [9.17, 15) is 26.7 Å². The first-order valence-corrected chi connectivity index (χ1v) is 10.4. The number of alkyl halides is 5. The van der Waals surface area contributed by atoms with Crippen LogP contribution < -0.4 is 10.5 Å². The number of likely N-dealkylation sites (N-methyl/N-ethyl adjacent to an activating group) is 1. The van der Waals surface area contributed by atoms with Crippen LogP contribution in [0.1, 0.15) is 45.3 Å². The third kappa shape index (κ3) is 4.56. The van der Waals surface area contributed by atoms with Gasteiger partial charge in [-0.3, -0.25) is 14.7 Å². The minimum atomic E-state index is -4.69. The molecule has 0 saturated carbocycles. The quantitative estimate of drug-likeness (QED) is 0.523. The molecule has 0 bridgehead atoms. The van der Waals surface area contributed by atoms with Crippen LogP contribution in [0.5, 0.6) is 5.75 Å². The van der Waals surface area contributed by atoms with Gasteiger partial charge in [0.1, 0.15) is 23.7 Å². The molecule has 1 fully saturated rings. The van der Waals surface area contributed by atoms with Crippen molar-refractivity contribution in [3.63, 3.8) is 0 Å². The Bertz CT molecular complexity index is 1240. The Morgan fingerprint density at radius 1 is 1.32 bits per heavy atom. The molecule has 182 valence electrons. The summed E-state index contributed by atoms with van der Waals surface area (Å²) in [5.74, 6) is -4.33. The first kappa shape index (κ1) is 23.9. The van der Waals surface area contributed by atoms with Gasteiger partial charge in [0.15, 0.2) is 5.69 Å². The highest BCUT2D eigenvalue weighted by molar-refractivity contribution is 6.08. The van der Waals surface area contributed by atoms with Crippen LogP contribution in [0, 0.1) is 6.92 Å². The minimum Gasteiger partial charge on any atom is -0.489 e. The number of furan rings is 1. The average Bonchev–Trinajstić information content (AvgIpc) is 3.05. The van der Waals surface area contributed by atoms with Gasteiger partial charge in [0, 0.05) is 41.6 Å². The van der Waals surface area contributed by atoms with Crippen molar-refractivity contribution in [2.75, 3.05) is 20.1 Å². The summed E-state index contributed by atoms with van der Waals surface area (Å²) in [6, 6.07) is 5.50. The molecule has 3 heterocycles. The SMILES string of the molecule is Cc1oc2ccc(OCc3cccnc3C(F)(F)F)c(C3CN(C)CC(F)(F)C3)c2c1C(N)=O. The monoisotopic (exact) mass is 483 g/mol. The molecule has 1 atom stereocenters. The summed E-state index contributed by atoms with van der Waals surface area (Å²) in [7, 11) is 1.54. The van der Waals surface area contributed by atoms with Gasteiger partial charge in [-0.25, -0.2) is 8.78 Å². The zero-order valence-electron chi connectivity index (χ0n) is 18.4. The number of fused-ring (bicyclic) bond motifs is 1. The summed E-state index contributed by atoms with van der Waals surface area (Å²) in [4.78, 5) is 17.1. The molecule has 1 aliphatic rings. The van der Waals surface area contributed by atoms with Crippen LogP contribution in [0.2, 0.25) is 0 Å². The second-order valence-electron chi connectivity index (χ2n) is 8.50. The van der Waals surface area contributed by atoms with Gasteiger partial charge in [0.05, 0.1) is 12.1 Å².